The summed E-state index contributed by atoms with van der Waals surface area (Å²) in [6.07, 6.45) is 0. The van der Waals surface area contributed by atoms with E-state index in [-0.39, 0.29) is 22.8 Å². The number of carbonyl (C=O) groups is 1. The lowest BCUT2D eigenvalue weighted by molar-refractivity contribution is 0.102. The highest BCUT2D eigenvalue weighted by atomic mass is 32.2. The van der Waals surface area contributed by atoms with Crippen molar-refractivity contribution in [1.29, 1.82) is 0 Å². The number of anilines is 1. The minimum absolute atomic E-state index is 0.00843. The summed E-state index contributed by atoms with van der Waals surface area (Å²) < 4.78 is 26.1. The fourth-order valence-electron chi connectivity index (χ4n) is 3.81. The standard InChI is InChI=1S/C24H27N3O3S/c1-15-7-6-8-21(16(15)2)27-22(19-13-31(29,30)14-20(19)26-27)25-23(28)17-9-11-18(12-10-17)24(3,4)5/h6-12H,13-14H2,1-5H3,(H,25,28). The molecule has 162 valence electrons. The molecular weight excluding hydrogens is 410 g/mol. The Morgan fingerprint density at radius 2 is 1.71 bits per heavy atom. The zero-order valence-corrected chi connectivity index (χ0v) is 19.3. The Balaban J connectivity index is 1.75. The van der Waals surface area contributed by atoms with Crippen LogP contribution in [-0.4, -0.2) is 24.1 Å². The highest BCUT2D eigenvalue weighted by molar-refractivity contribution is 7.90. The van der Waals surface area contributed by atoms with Crippen molar-refractivity contribution in [1.82, 2.24) is 9.78 Å². The van der Waals surface area contributed by atoms with Gasteiger partial charge in [-0.25, -0.2) is 13.1 Å². The van der Waals surface area contributed by atoms with Crippen LogP contribution in [0.15, 0.2) is 42.5 Å². The van der Waals surface area contributed by atoms with Gasteiger partial charge in [0.2, 0.25) is 0 Å². The van der Waals surface area contributed by atoms with E-state index in [1.54, 1.807) is 16.8 Å². The molecule has 0 saturated carbocycles. The van der Waals surface area contributed by atoms with E-state index in [2.05, 4.69) is 31.2 Å². The molecule has 4 rings (SSSR count). The van der Waals surface area contributed by atoms with E-state index in [9.17, 15) is 13.2 Å². The van der Waals surface area contributed by atoms with Crippen LogP contribution in [0.2, 0.25) is 0 Å². The van der Waals surface area contributed by atoms with Gasteiger partial charge in [-0.2, -0.15) is 5.10 Å². The summed E-state index contributed by atoms with van der Waals surface area (Å²) in [5, 5.41) is 7.52. The molecule has 3 aromatic rings. The monoisotopic (exact) mass is 437 g/mol. The molecular formula is C24H27N3O3S. The second kappa shape index (κ2) is 7.34. The number of amides is 1. The molecule has 1 aliphatic heterocycles. The number of sulfone groups is 1. The van der Waals surface area contributed by atoms with Gasteiger partial charge in [-0.15, -0.1) is 0 Å². The summed E-state index contributed by atoms with van der Waals surface area (Å²) >= 11 is 0. The Hall–Kier alpha value is -2.93. The molecule has 6 nitrogen and oxygen atoms in total. The Morgan fingerprint density at radius 1 is 1.03 bits per heavy atom. The maximum absolute atomic E-state index is 13.1. The van der Waals surface area contributed by atoms with Crippen molar-refractivity contribution in [3.8, 4) is 5.69 Å². The highest BCUT2D eigenvalue weighted by Gasteiger charge is 2.33. The summed E-state index contributed by atoms with van der Waals surface area (Å²) in [4.78, 5) is 13.1. The summed E-state index contributed by atoms with van der Waals surface area (Å²) in [6.45, 7) is 10.4. The third-order valence-corrected chi connectivity index (χ3v) is 7.28. The van der Waals surface area contributed by atoms with Gasteiger partial charge in [0.15, 0.2) is 9.84 Å². The maximum atomic E-state index is 13.1. The van der Waals surface area contributed by atoms with E-state index in [0.29, 0.717) is 22.6 Å². The fourth-order valence-corrected chi connectivity index (χ4v) is 5.31. The van der Waals surface area contributed by atoms with Gasteiger partial charge in [-0.1, -0.05) is 45.0 Å². The molecule has 0 atom stereocenters. The zero-order chi connectivity index (χ0) is 22.6. The average molecular weight is 438 g/mol. The largest absolute Gasteiger partial charge is 0.306 e. The van der Waals surface area contributed by atoms with Crippen LogP contribution in [0, 0.1) is 13.8 Å². The minimum Gasteiger partial charge on any atom is -0.306 e. The van der Waals surface area contributed by atoms with Gasteiger partial charge in [0.05, 0.1) is 22.9 Å². The van der Waals surface area contributed by atoms with Crippen molar-refractivity contribution in [2.45, 2.75) is 51.5 Å². The number of rotatable bonds is 3. The molecule has 31 heavy (non-hydrogen) atoms. The quantitative estimate of drug-likeness (QED) is 0.656. The van der Waals surface area contributed by atoms with Crippen LogP contribution in [0.5, 0.6) is 0 Å². The summed E-state index contributed by atoms with van der Waals surface area (Å²) in [6, 6.07) is 13.4. The van der Waals surface area contributed by atoms with Gasteiger partial charge in [0.25, 0.3) is 5.91 Å². The lowest BCUT2D eigenvalue weighted by Crippen LogP contribution is -2.18. The summed E-state index contributed by atoms with van der Waals surface area (Å²) in [5.41, 5.74) is 5.65. The van der Waals surface area contributed by atoms with Crippen LogP contribution in [0.3, 0.4) is 0 Å². The van der Waals surface area contributed by atoms with Crippen LogP contribution in [-0.2, 0) is 26.8 Å². The Labute approximate surface area is 183 Å². The van der Waals surface area contributed by atoms with Crippen molar-refractivity contribution in [2.24, 2.45) is 0 Å². The van der Waals surface area contributed by atoms with Gasteiger partial charge >= 0.3 is 0 Å². The van der Waals surface area contributed by atoms with Crippen LogP contribution in [0.1, 0.15) is 59.1 Å². The molecule has 2 heterocycles. The molecule has 0 unspecified atom stereocenters. The van der Waals surface area contributed by atoms with Gasteiger partial charge in [-0.05, 0) is 54.2 Å². The summed E-state index contributed by atoms with van der Waals surface area (Å²) in [7, 11) is -3.25. The molecule has 1 aliphatic rings. The Morgan fingerprint density at radius 3 is 2.35 bits per heavy atom. The number of aromatic nitrogens is 2. The van der Waals surface area contributed by atoms with Crippen molar-refractivity contribution in [2.75, 3.05) is 5.32 Å². The van der Waals surface area contributed by atoms with Crippen LogP contribution >= 0.6 is 0 Å². The van der Waals surface area contributed by atoms with Gasteiger partial charge in [0, 0.05) is 11.1 Å². The SMILES string of the molecule is Cc1cccc(-n2nc3c(c2NC(=O)c2ccc(C(C)(C)C)cc2)CS(=O)(=O)C3)c1C. The first-order chi connectivity index (χ1) is 14.5. The van der Waals surface area contributed by atoms with Crippen molar-refractivity contribution >= 4 is 21.6 Å². The smallest absolute Gasteiger partial charge is 0.256 e. The molecule has 7 heteroatoms. The second-order valence-electron chi connectivity index (χ2n) is 9.22. The van der Waals surface area contributed by atoms with Crippen LogP contribution in [0.4, 0.5) is 5.82 Å². The Kier molecular flexibility index (Phi) is 5.04. The number of nitrogens with one attached hydrogen (secondary N) is 1. The van der Waals surface area contributed by atoms with E-state index in [4.69, 9.17) is 0 Å². The van der Waals surface area contributed by atoms with Gasteiger partial charge in [-0.3, -0.25) is 4.79 Å². The molecule has 2 aromatic carbocycles. The topological polar surface area (TPSA) is 81.1 Å². The zero-order valence-electron chi connectivity index (χ0n) is 18.5. The van der Waals surface area contributed by atoms with E-state index in [0.717, 1.165) is 22.4 Å². The lowest BCUT2D eigenvalue weighted by atomic mass is 9.87. The van der Waals surface area contributed by atoms with Crippen molar-refractivity contribution in [3.05, 3.63) is 76.0 Å². The van der Waals surface area contributed by atoms with Gasteiger partial charge < -0.3 is 5.32 Å². The Bertz CT molecular complexity index is 1280. The number of nitrogens with zero attached hydrogens (tertiary/aromatic N) is 2. The number of hydrogen-bond acceptors (Lipinski definition) is 4. The first-order valence-corrected chi connectivity index (χ1v) is 12.1. The molecule has 1 amide bonds. The van der Waals surface area contributed by atoms with Crippen molar-refractivity contribution < 1.29 is 13.2 Å². The molecule has 0 aliphatic carbocycles. The molecule has 1 N–H and O–H groups in total. The van der Waals surface area contributed by atoms with Crippen molar-refractivity contribution in [3.63, 3.8) is 0 Å². The third kappa shape index (κ3) is 4.02. The van der Waals surface area contributed by atoms with E-state index >= 15 is 0 Å². The molecule has 0 bridgehead atoms. The lowest BCUT2D eigenvalue weighted by Gasteiger charge is -2.19. The molecule has 0 fully saturated rings. The van der Waals surface area contributed by atoms with Crippen LogP contribution < -0.4 is 5.32 Å². The van der Waals surface area contributed by atoms with Gasteiger partial charge in [0.1, 0.15) is 5.82 Å². The van der Waals surface area contributed by atoms with E-state index in [1.807, 2.05) is 44.2 Å². The predicted octanol–water partition coefficient (Wildman–Crippen LogP) is 4.47. The number of benzene rings is 2. The maximum Gasteiger partial charge on any atom is 0.256 e. The highest BCUT2D eigenvalue weighted by Crippen LogP contribution is 2.34. The number of fused-ring (bicyclic) bond motifs is 1. The average Bonchev–Trinajstić information content (AvgIpc) is 3.16. The second-order valence-corrected chi connectivity index (χ2v) is 11.3. The normalized spacial score (nSPS) is 15.0. The van der Waals surface area contributed by atoms with Crippen LogP contribution in [0.25, 0.3) is 5.69 Å². The molecule has 1 aromatic heterocycles. The van der Waals surface area contributed by atoms with E-state index in [1.165, 1.54) is 0 Å². The molecule has 0 spiro atoms. The fraction of sp³-hybridized carbons (Fsp3) is 0.333. The number of aryl methyl sites for hydroxylation is 1. The summed E-state index contributed by atoms with van der Waals surface area (Å²) in [5.74, 6) is -0.0940. The predicted molar refractivity (Wildman–Crippen MR) is 122 cm³/mol. The minimum atomic E-state index is -3.25. The molecule has 0 radical (unpaired) electrons. The number of carbonyl (C=O) groups excluding carboxylic acids is 1. The van der Waals surface area contributed by atoms with E-state index < -0.39 is 9.84 Å². The third-order valence-electron chi connectivity index (χ3n) is 5.84. The first kappa shape index (κ1) is 21.3. The first-order valence-electron chi connectivity index (χ1n) is 10.3. The number of hydrogen-bond donors (Lipinski definition) is 1. The molecule has 0 saturated heterocycles.